The standard InChI is InChI=1S/C27H25ClN2O3S/c1-4-33-22-13-11-21(12-14-22)30-26(31)24(29-20-9-5-18(6-10-20)17(2)3)25(27(30)32)34-23-15-7-19(28)8-16-23/h5-17,29H,4H2,1-3H3. The molecular formula is C27H25ClN2O3S. The number of imide groups is 1. The fourth-order valence-corrected chi connectivity index (χ4v) is 4.58. The number of nitrogens with zero attached hydrogens (tertiary/aromatic N) is 1. The van der Waals surface area contributed by atoms with Gasteiger partial charge in [0, 0.05) is 15.6 Å². The normalized spacial score (nSPS) is 13.7. The van der Waals surface area contributed by atoms with E-state index in [0.29, 0.717) is 33.9 Å². The van der Waals surface area contributed by atoms with E-state index in [9.17, 15) is 9.59 Å². The highest BCUT2D eigenvalue weighted by Crippen LogP contribution is 2.38. The first kappa shape index (κ1) is 23.9. The van der Waals surface area contributed by atoms with E-state index >= 15 is 0 Å². The summed E-state index contributed by atoms with van der Waals surface area (Å²) in [4.78, 5) is 29.3. The molecule has 0 aliphatic carbocycles. The Bertz CT molecular complexity index is 1220. The molecule has 0 unspecified atom stereocenters. The molecule has 3 aromatic rings. The number of hydrogen-bond acceptors (Lipinski definition) is 5. The van der Waals surface area contributed by atoms with Crippen LogP contribution in [0, 0.1) is 0 Å². The van der Waals surface area contributed by atoms with E-state index in [1.54, 1.807) is 36.4 Å². The van der Waals surface area contributed by atoms with Crippen LogP contribution in [0.5, 0.6) is 5.75 Å². The van der Waals surface area contributed by atoms with Crippen LogP contribution < -0.4 is 15.0 Å². The number of amides is 2. The van der Waals surface area contributed by atoms with Crippen LogP contribution in [0.25, 0.3) is 0 Å². The van der Waals surface area contributed by atoms with Crippen molar-refractivity contribution in [1.29, 1.82) is 0 Å². The third-order valence-electron chi connectivity index (χ3n) is 5.33. The van der Waals surface area contributed by atoms with Crippen LogP contribution in [-0.2, 0) is 9.59 Å². The molecule has 0 radical (unpaired) electrons. The maximum absolute atomic E-state index is 13.5. The summed E-state index contributed by atoms with van der Waals surface area (Å²) in [5.41, 5.74) is 2.67. The van der Waals surface area contributed by atoms with Gasteiger partial charge in [0.15, 0.2) is 0 Å². The Morgan fingerprint density at radius 1 is 0.912 bits per heavy atom. The van der Waals surface area contributed by atoms with E-state index in [4.69, 9.17) is 16.3 Å². The molecule has 3 aromatic carbocycles. The summed E-state index contributed by atoms with van der Waals surface area (Å²) in [6.07, 6.45) is 0. The average molecular weight is 493 g/mol. The zero-order valence-electron chi connectivity index (χ0n) is 19.2. The second-order valence-electron chi connectivity index (χ2n) is 8.03. The van der Waals surface area contributed by atoms with Crippen molar-refractivity contribution in [3.05, 3.63) is 94.0 Å². The number of hydrogen-bond donors (Lipinski definition) is 1. The number of anilines is 2. The van der Waals surface area contributed by atoms with Gasteiger partial charge < -0.3 is 10.1 Å². The minimum atomic E-state index is -0.404. The van der Waals surface area contributed by atoms with E-state index in [2.05, 4.69) is 19.2 Å². The number of benzene rings is 3. The molecule has 0 fully saturated rings. The lowest BCUT2D eigenvalue weighted by Crippen LogP contribution is -2.32. The first-order valence-corrected chi connectivity index (χ1v) is 12.2. The highest BCUT2D eigenvalue weighted by molar-refractivity contribution is 8.04. The highest BCUT2D eigenvalue weighted by atomic mass is 35.5. The highest BCUT2D eigenvalue weighted by Gasteiger charge is 2.40. The van der Waals surface area contributed by atoms with Crippen LogP contribution in [0.15, 0.2) is 88.3 Å². The average Bonchev–Trinajstić information content (AvgIpc) is 3.05. The van der Waals surface area contributed by atoms with Crippen LogP contribution in [0.3, 0.4) is 0 Å². The van der Waals surface area contributed by atoms with Gasteiger partial charge in [0.05, 0.1) is 12.3 Å². The summed E-state index contributed by atoms with van der Waals surface area (Å²) in [5, 5.41) is 3.80. The van der Waals surface area contributed by atoms with Crippen molar-refractivity contribution < 1.29 is 14.3 Å². The summed E-state index contributed by atoms with van der Waals surface area (Å²) < 4.78 is 5.49. The number of carbonyl (C=O) groups excluding carboxylic acids is 2. The summed E-state index contributed by atoms with van der Waals surface area (Å²) >= 11 is 7.25. The molecule has 0 saturated heterocycles. The van der Waals surface area contributed by atoms with E-state index in [0.717, 1.165) is 10.6 Å². The van der Waals surface area contributed by atoms with Gasteiger partial charge in [0.1, 0.15) is 16.4 Å². The van der Waals surface area contributed by atoms with E-state index in [1.807, 2.05) is 43.3 Å². The number of ether oxygens (including phenoxy) is 1. The molecule has 174 valence electrons. The maximum atomic E-state index is 13.5. The molecule has 1 aliphatic rings. The van der Waals surface area contributed by atoms with Crippen molar-refractivity contribution in [2.45, 2.75) is 31.6 Å². The van der Waals surface area contributed by atoms with Gasteiger partial charge in [-0.25, -0.2) is 4.90 Å². The van der Waals surface area contributed by atoms with Crippen molar-refractivity contribution in [2.75, 3.05) is 16.8 Å². The summed E-state index contributed by atoms with van der Waals surface area (Å²) in [5.74, 6) is 0.292. The minimum Gasteiger partial charge on any atom is -0.494 e. The summed E-state index contributed by atoms with van der Waals surface area (Å²) in [7, 11) is 0. The molecular weight excluding hydrogens is 468 g/mol. The molecule has 0 spiro atoms. The lowest BCUT2D eigenvalue weighted by atomic mass is 10.0. The number of halogens is 1. The minimum absolute atomic E-state index is 0.246. The molecule has 2 amide bonds. The van der Waals surface area contributed by atoms with Gasteiger partial charge in [-0.15, -0.1) is 0 Å². The maximum Gasteiger partial charge on any atom is 0.283 e. The van der Waals surface area contributed by atoms with E-state index < -0.39 is 5.91 Å². The Kier molecular flexibility index (Phi) is 7.29. The fourth-order valence-electron chi connectivity index (χ4n) is 3.52. The van der Waals surface area contributed by atoms with Gasteiger partial charge >= 0.3 is 0 Å². The van der Waals surface area contributed by atoms with Crippen molar-refractivity contribution in [2.24, 2.45) is 0 Å². The Labute approximate surface area is 208 Å². The summed E-state index contributed by atoms with van der Waals surface area (Å²) in [6, 6.07) is 22.0. The van der Waals surface area contributed by atoms with Crippen molar-refractivity contribution in [3.63, 3.8) is 0 Å². The van der Waals surface area contributed by atoms with Crippen LogP contribution in [-0.4, -0.2) is 18.4 Å². The predicted molar refractivity (Wildman–Crippen MR) is 139 cm³/mol. The number of thioether (sulfide) groups is 1. The SMILES string of the molecule is CCOc1ccc(N2C(=O)C(Nc3ccc(C(C)C)cc3)=C(Sc3ccc(Cl)cc3)C2=O)cc1. The molecule has 0 saturated carbocycles. The summed E-state index contributed by atoms with van der Waals surface area (Å²) in [6.45, 7) is 6.69. The Hall–Kier alpha value is -3.22. The van der Waals surface area contributed by atoms with Crippen molar-refractivity contribution >= 4 is 46.6 Å². The van der Waals surface area contributed by atoms with Crippen LogP contribution >= 0.6 is 23.4 Å². The van der Waals surface area contributed by atoms with Gasteiger partial charge in [-0.2, -0.15) is 0 Å². The molecule has 0 atom stereocenters. The largest absolute Gasteiger partial charge is 0.494 e. The topological polar surface area (TPSA) is 58.6 Å². The van der Waals surface area contributed by atoms with Crippen molar-refractivity contribution in [1.82, 2.24) is 0 Å². The van der Waals surface area contributed by atoms with Gasteiger partial charge in [-0.05, 0) is 79.1 Å². The van der Waals surface area contributed by atoms with Crippen LogP contribution in [0.2, 0.25) is 5.02 Å². The first-order chi connectivity index (χ1) is 16.4. The molecule has 0 aromatic heterocycles. The molecule has 1 aliphatic heterocycles. The predicted octanol–water partition coefficient (Wildman–Crippen LogP) is 6.85. The monoisotopic (exact) mass is 492 g/mol. The van der Waals surface area contributed by atoms with Crippen molar-refractivity contribution in [3.8, 4) is 5.75 Å². The molecule has 5 nitrogen and oxygen atoms in total. The first-order valence-electron chi connectivity index (χ1n) is 11.0. The second kappa shape index (κ2) is 10.4. The third-order valence-corrected chi connectivity index (χ3v) is 6.67. The second-order valence-corrected chi connectivity index (χ2v) is 9.55. The number of nitrogens with one attached hydrogen (secondary N) is 1. The Morgan fingerprint density at radius 3 is 2.15 bits per heavy atom. The molecule has 0 bridgehead atoms. The van der Waals surface area contributed by atoms with E-state index in [1.165, 1.54) is 22.2 Å². The Morgan fingerprint density at radius 2 is 1.56 bits per heavy atom. The van der Waals surface area contributed by atoms with Gasteiger partial charge in [-0.1, -0.05) is 49.3 Å². The zero-order valence-corrected chi connectivity index (χ0v) is 20.7. The fraction of sp³-hybridized carbons (Fsp3) is 0.185. The zero-order chi connectivity index (χ0) is 24.2. The number of rotatable bonds is 8. The van der Waals surface area contributed by atoms with Crippen LogP contribution in [0.1, 0.15) is 32.3 Å². The third kappa shape index (κ3) is 5.13. The number of carbonyl (C=O) groups is 2. The van der Waals surface area contributed by atoms with Crippen LogP contribution in [0.4, 0.5) is 11.4 Å². The molecule has 4 rings (SSSR count). The quantitative estimate of drug-likeness (QED) is 0.348. The smallest absolute Gasteiger partial charge is 0.283 e. The van der Waals surface area contributed by atoms with Gasteiger partial charge in [0.25, 0.3) is 11.8 Å². The van der Waals surface area contributed by atoms with Gasteiger partial charge in [-0.3, -0.25) is 9.59 Å². The molecule has 7 heteroatoms. The lowest BCUT2D eigenvalue weighted by molar-refractivity contribution is -0.120. The lowest BCUT2D eigenvalue weighted by Gasteiger charge is -2.16. The van der Waals surface area contributed by atoms with Gasteiger partial charge in [0.2, 0.25) is 0 Å². The Balaban J connectivity index is 1.68. The molecule has 1 heterocycles. The molecule has 1 N–H and O–H groups in total. The van der Waals surface area contributed by atoms with E-state index in [-0.39, 0.29) is 11.6 Å². The molecule has 34 heavy (non-hydrogen) atoms.